The first-order chi connectivity index (χ1) is 16.6. The maximum Gasteiger partial charge on any atom is 0.259 e. The number of methoxy groups -OCH3 is 2. The van der Waals surface area contributed by atoms with Crippen molar-refractivity contribution in [3.8, 4) is 28.8 Å². The zero-order valence-electron chi connectivity index (χ0n) is 19.1. The molecule has 10 heteroatoms. The SMILES string of the molecule is COc1ccc(CNC(=O)c2cnn(-c3ccc(-c4nc(C5CC5)no4)cn3)c2C)cc1OC. The van der Waals surface area contributed by atoms with E-state index in [0.717, 1.165) is 29.8 Å². The molecule has 3 heterocycles. The predicted molar refractivity (Wildman–Crippen MR) is 122 cm³/mol. The van der Waals surface area contributed by atoms with Gasteiger partial charge in [0.05, 0.1) is 37.2 Å². The molecule has 3 aromatic heterocycles. The number of rotatable bonds is 8. The summed E-state index contributed by atoms with van der Waals surface area (Å²) in [5.74, 6) is 3.23. The van der Waals surface area contributed by atoms with Gasteiger partial charge in [-0.3, -0.25) is 4.79 Å². The van der Waals surface area contributed by atoms with E-state index in [4.69, 9.17) is 14.0 Å². The maximum atomic E-state index is 12.8. The molecule has 0 unspecified atom stereocenters. The Hall–Kier alpha value is -4.21. The topological polar surface area (TPSA) is 117 Å². The van der Waals surface area contributed by atoms with Crippen LogP contribution in [0.3, 0.4) is 0 Å². The molecule has 1 aliphatic carbocycles. The molecule has 1 fully saturated rings. The third-order valence-corrected chi connectivity index (χ3v) is 5.75. The molecule has 4 aromatic rings. The van der Waals surface area contributed by atoms with Gasteiger partial charge in [-0.1, -0.05) is 11.2 Å². The molecule has 1 saturated carbocycles. The lowest BCUT2D eigenvalue weighted by molar-refractivity contribution is 0.0950. The number of hydrogen-bond acceptors (Lipinski definition) is 8. The van der Waals surface area contributed by atoms with Crippen LogP contribution in [0.1, 0.15) is 46.2 Å². The van der Waals surface area contributed by atoms with Crippen LogP contribution in [0.25, 0.3) is 17.3 Å². The fourth-order valence-corrected chi connectivity index (χ4v) is 3.63. The smallest absolute Gasteiger partial charge is 0.259 e. The van der Waals surface area contributed by atoms with E-state index in [9.17, 15) is 4.79 Å². The van der Waals surface area contributed by atoms with Crippen LogP contribution in [0.5, 0.6) is 11.5 Å². The van der Waals surface area contributed by atoms with Gasteiger partial charge in [0.25, 0.3) is 11.8 Å². The Morgan fingerprint density at radius 2 is 1.97 bits per heavy atom. The second kappa shape index (κ2) is 8.97. The molecular formula is C24H24N6O4. The number of pyridine rings is 1. The predicted octanol–water partition coefficient (Wildman–Crippen LogP) is 3.45. The van der Waals surface area contributed by atoms with E-state index in [1.807, 2.05) is 31.2 Å². The first-order valence-corrected chi connectivity index (χ1v) is 10.9. The molecule has 0 bridgehead atoms. The molecule has 10 nitrogen and oxygen atoms in total. The average Bonchev–Trinajstić information content (AvgIpc) is 3.47. The van der Waals surface area contributed by atoms with Crippen molar-refractivity contribution in [3.05, 3.63) is 65.4 Å². The Balaban J connectivity index is 1.27. The van der Waals surface area contributed by atoms with Crippen LogP contribution in [0, 0.1) is 6.92 Å². The Morgan fingerprint density at radius 1 is 1.15 bits per heavy atom. The van der Waals surface area contributed by atoms with Crippen LogP contribution < -0.4 is 14.8 Å². The van der Waals surface area contributed by atoms with Gasteiger partial charge in [0, 0.05) is 18.7 Å². The van der Waals surface area contributed by atoms with Crippen molar-refractivity contribution in [1.82, 2.24) is 30.2 Å². The number of carbonyl (C=O) groups excluding carboxylic acids is 1. The minimum absolute atomic E-state index is 0.228. The van der Waals surface area contributed by atoms with Gasteiger partial charge in [-0.25, -0.2) is 9.67 Å². The highest BCUT2D eigenvalue weighted by molar-refractivity contribution is 5.95. The molecule has 1 N–H and O–H groups in total. The Bertz CT molecular complexity index is 1320. The lowest BCUT2D eigenvalue weighted by atomic mass is 10.2. The number of ether oxygens (including phenoxy) is 2. The number of benzene rings is 1. The van der Waals surface area contributed by atoms with Gasteiger partial charge in [-0.2, -0.15) is 10.1 Å². The van der Waals surface area contributed by atoms with Crippen LogP contribution in [0.15, 0.2) is 47.2 Å². The van der Waals surface area contributed by atoms with Gasteiger partial charge in [-0.15, -0.1) is 0 Å². The van der Waals surface area contributed by atoms with Gasteiger partial charge in [0.15, 0.2) is 23.1 Å². The molecule has 0 aliphatic heterocycles. The second-order valence-corrected chi connectivity index (χ2v) is 8.06. The summed E-state index contributed by atoms with van der Waals surface area (Å²) in [6.07, 6.45) is 5.42. The molecule has 0 saturated heterocycles. The first kappa shape index (κ1) is 21.6. The van der Waals surface area contributed by atoms with Gasteiger partial charge < -0.3 is 19.3 Å². The Labute approximate surface area is 195 Å². The lowest BCUT2D eigenvalue weighted by Gasteiger charge is -2.10. The van der Waals surface area contributed by atoms with Crippen molar-refractivity contribution in [2.75, 3.05) is 14.2 Å². The monoisotopic (exact) mass is 460 g/mol. The zero-order chi connectivity index (χ0) is 23.7. The number of carbonyl (C=O) groups is 1. The molecule has 1 aromatic carbocycles. The normalized spacial score (nSPS) is 13.0. The van der Waals surface area contributed by atoms with E-state index >= 15 is 0 Å². The summed E-state index contributed by atoms with van der Waals surface area (Å²) >= 11 is 0. The lowest BCUT2D eigenvalue weighted by Crippen LogP contribution is -2.23. The summed E-state index contributed by atoms with van der Waals surface area (Å²) in [6, 6.07) is 9.17. The van der Waals surface area contributed by atoms with Crippen molar-refractivity contribution in [2.45, 2.75) is 32.2 Å². The van der Waals surface area contributed by atoms with E-state index in [1.54, 1.807) is 31.2 Å². The second-order valence-electron chi connectivity index (χ2n) is 8.06. The molecule has 1 aliphatic rings. The summed E-state index contributed by atoms with van der Waals surface area (Å²) < 4.78 is 17.6. The highest BCUT2D eigenvalue weighted by Crippen LogP contribution is 2.38. The van der Waals surface area contributed by atoms with E-state index in [1.165, 1.54) is 6.20 Å². The highest BCUT2D eigenvalue weighted by Gasteiger charge is 2.29. The third-order valence-electron chi connectivity index (χ3n) is 5.75. The molecule has 0 spiro atoms. The van der Waals surface area contributed by atoms with E-state index in [-0.39, 0.29) is 5.91 Å². The molecular weight excluding hydrogens is 436 g/mol. The van der Waals surface area contributed by atoms with Gasteiger partial charge in [0.2, 0.25) is 0 Å². The van der Waals surface area contributed by atoms with Crippen LogP contribution in [0.2, 0.25) is 0 Å². The summed E-state index contributed by atoms with van der Waals surface area (Å²) in [7, 11) is 3.16. The van der Waals surface area contributed by atoms with Crippen LogP contribution in [-0.4, -0.2) is 45.0 Å². The largest absolute Gasteiger partial charge is 0.493 e. The summed E-state index contributed by atoms with van der Waals surface area (Å²) in [6.45, 7) is 2.16. The maximum absolute atomic E-state index is 12.8. The van der Waals surface area contributed by atoms with Crippen molar-refractivity contribution in [2.24, 2.45) is 0 Å². The number of aromatic nitrogens is 5. The zero-order valence-corrected chi connectivity index (χ0v) is 19.1. The van der Waals surface area contributed by atoms with Crippen LogP contribution in [0.4, 0.5) is 0 Å². The van der Waals surface area contributed by atoms with Crippen LogP contribution >= 0.6 is 0 Å². The number of hydrogen-bond donors (Lipinski definition) is 1. The summed E-state index contributed by atoms with van der Waals surface area (Å²) in [4.78, 5) is 21.7. The van der Waals surface area contributed by atoms with Gasteiger partial charge >= 0.3 is 0 Å². The molecule has 0 atom stereocenters. The van der Waals surface area contributed by atoms with E-state index in [0.29, 0.717) is 46.9 Å². The minimum atomic E-state index is -0.228. The standard InChI is InChI=1S/C24H24N6O4/c1-14-18(23(31)26-11-15-4-8-19(32-2)20(10-15)33-3)13-27-30(14)21-9-7-17(12-25-21)24-28-22(29-34-24)16-5-6-16/h4,7-10,12-13,16H,5-6,11H2,1-3H3,(H,26,31). The van der Waals surface area contributed by atoms with Crippen molar-refractivity contribution >= 4 is 5.91 Å². The first-order valence-electron chi connectivity index (χ1n) is 10.9. The van der Waals surface area contributed by atoms with Crippen molar-refractivity contribution in [3.63, 3.8) is 0 Å². The molecule has 34 heavy (non-hydrogen) atoms. The van der Waals surface area contributed by atoms with Crippen molar-refractivity contribution in [1.29, 1.82) is 0 Å². The van der Waals surface area contributed by atoms with Gasteiger partial charge in [0.1, 0.15) is 0 Å². The average molecular weight is 460 g/mol. The number of nitrogens with zero attached hydrogens (tertiary/aromatic N) is 5. The fraction of sp³-hybridized carbons (Fsp3) is 0.292. The number of amides is 1. The Kier molecular flexibility index (Phi) is 5.70. The summed E-state index contributed by atoms with van der Waals surface area (Å²) in [5, 5.41) is 11.3. The summed E-state index contributed by atoms with van der Waals surface area (Å²) in [5.41, 5.74) is 2.77. The third kappa shape index (κ3) is 4.21. The Morgan fingerprint density at radius 3 is 2.68 bits per heavy atom. The molecule has 5 rings (SSSR count). The quantitative estimate of drug-likeness (QED) is 0.425. The number of nitrogens with one attached hydrogen (secondary N) is 1. The molecule has 0 radical (unpaired) electrons. The van der Waals surface area contributed by atoms with E-state index < -0.39 is 0 Å². The van der Waals surface area contributed by atoms with E-state index in [2.05, 4.69) is 25.5 Å². The molecule has 174 valence electrons. The van der Waals surface area contributed by atoms with Crippen molar-refractivity contribution < 1.29 is 18.8 Å². The molecule has 1 amide bonds. The fourth-order valence-electron chi connectivity index (χ4n) is 3.63. The van der Waals surface area contributed by atoms with Gasteiger partial charge in [-0.05, 0) is 49.6 Å². The minimum Gasteiger partial charge on any atom is -0.493 e. The van der Waals surface area contributed by atoms with Crippen LogP contribution in [-0.2, 0) is 6.54 Å². The highest BCUT2D eigenvalue weighted by atomic mass is 16.5.